The van der Waals surface area contributed by atoms with Crippen LogP contribution in [-0.4, -0.2) is 38.4 Å². The number of sulfone groups is 1. The smallest absolute Gasteiger partial charge is 0.164 e. The molecule has 0 aromatic rings. The minimum atomic E-state index is -2.96. The van der Waals surface area contributed by atoms with E-state index in [0.29, 0.717) is 19.4 Å². The molecular weight excluding hydrogens is 216 g/mol. The van der Waals surface area contributed by atoms with E-state index in [0.717, 1.165) is 12.8 Å². The van der Waals surface area contributed by atoms with Gasteiger partial charge in [-0.15, -0.1) is 0 Å². The Morgan fingerprint density at radius 3 is 2.60 bits per heavy atom. The molecule has 4 nitrogen and oxygen atoms in total. The van der Waals surface area contributed by atoms with Crippen molar-refractivity contribution in [2.45, 2.75) is 38.2 Å². The molecule has 1 fully saturated rings. The van der Waals surface area contributed by atoms with Gasteiger partial charge in [0.1, 0.15) is 15.4 Å². The van der Waals surface area contributed by atoms with Crippen molar-refractivity contribution in [3.8, 4) is 0 Å². The number of ketones is 1. The topological polar surface area (TPSA) is 60.4 Å². The summed E-state index contributed by atoms with van der Waals surface area (Å²) >= 11 is 0. The summed E-state index contributed by atoms with van der Waals surface area (Å²) < 4.78 is 27.1. The van der Waals surface area contributed by atoms with Crippen LogP contribution in [0.4, 0.5) is 0 Å². The summed E-state index contributed by atoms with van der Waals surface area (Å²) in [6, 6.07) is 0. The van der Waals surface area contributed by atoms with Gasteiger partial charge in [0, 0.05) is 19.3 Å². The number of Topliss-reactive ketones (excluding diaryl/α,β-unsaturated/α-hetero) is 1. The highest BCUT2D eigenvalue weighted by molar-refractivity contribution is 7.90. The average molecular weight is 234 g/mol. The van der Waals surface area contributed by atoms with Crippen LogP contribution >= 0.6 is 0 Å². The number of ether oxygens (including phenoxy) is 1. The Hall–Kier alpha value is -0.420. The Morgan fingerprint density at radius 2 is 2.13 bits per heavy atom. The molecule has 0 aliphatic carbocycles. The summed E-state index contributed by atoms with van der Waals surface area (Å²) in [5.74, 6) is 0.109. The van der Waals surface area contributed by atoms with Crippen LogP contribution in [0.5, 0.6) is 0 Å². The highest BCUT2D eigenvalue weighted by Gasteiger charge is 2.36. The monoisotopic (exact) mass is 234 g/mol. The number of hydrogen-bond acceptors (Lipinski definition) is 4. The first-order chi connectivity index (χ1) is 6.83. The Kier molecular flexibility index (Phi) is 3.89. The van der Waals surface area contributed by atoms with Crippen LogP contribution < -0.4 is 0 Å². The first kappa shape index (κ1) is 12.6. The van der Waals surface area contributed by atoms with E-state index < -0.39 is 15.4 Å². The third kappa shape index (κ3) is 3.91. The minimum absolute atomic E-state index is 0.0312. The quantitative estimate of drug-likeness (QED) is 0.710. The summed E-state index contributed by atoms with van der Waals surface area (Å²) in [6.45, 7) is 2.43. The van der Waals surface area contributed by atoms with E-state index in [1.165, 1.54) is 6.26 Å². The first-order valence-electron chi connectivity index (χ1n) is 5.18. The van der Waals surface area contributed by atoms with Crippen molar-refractivity contribution >= 4 is 15.6 Å². The molecule has 0 radical (unpaired) electrons. The normalized spacial score (nSPS) is 26.8. The van der Waals surface area contributed by atoms with E-state index in [2.05, 4.69) is 0 Å². The SMILES string of the molecule is CC1(C(=O)CCCS(C)(=O)=O)CCCO1. The number of carbonyl (C=O) groups is 1. The number of rotatable bonds is 5. The van der Waals surface area contributed by atoms with Gasteiger partial charge in [-0.3, -0.25) is 4.79 Å². The molecule has 5 heteroatoms. The fourth-order valence-electron chi connectivity index (χ4n) is 1.76. The lowest BCUT2D eigenvalue weighted by Gasteiger charge is -2.21. The second-order valence-electron chi connectivity index (χ2n) is 4.34. The average Bonchev–Trinajstić information content (AvgIpc) is 2.51. The molecule has 0 saturated carbocycles. The highest BCUT2D eigenvalue weighted by atomic mass is 32.2. The molecule has 0 aromatic heterocycles. The van der Waals surface area contributed by atoms with E-state index in [1.807, 2.05) is 0 Å². The third-order valence-corrected chi connectivity index (χ3v) is 3.76. The maximum atomic E-state index is 11.7. The van der Waals surface area contributed by atoms with Gasteiger partial charge in [0.25, 0.3) is 0 Å². The second-order valence-corrected chi connectivity index (χ2v) is 6.60. The molecule has 0 amide bonds. The van der Waals surface area contributed by atoms with Crippen LogP contribution in [-0.2, 0) is 19.4 Å². The van der Waals surface area contributed by atoms with Crippen molar-refractivity contribution in [3.63, 3.8) is 0 Å². The summed E-state index contributed by atoms with van der Waals surface area (Å²) in [4.78, 5) is 11.7. The lowest BCUT2D eigenvalue weighted by atomic mass is 9.94. The fourth-order valence-corrected chi connectivity index (χ4v) is 2.43. The van der Waals surface area contributed by atoms with E-state index in [-0.39, 0.29) is 11.5 Å². The van der Waals surface area contributed by atoms with Crippen LogP contribution in [0.25, 0.3) is 0 Å². The van der Waals surface area contributed by atoms with E-state index in [4.69, 9.17) is 4.74 Å². The summed E-state index contributed by atoms with van der Waals surface area (Å²) in [7, 11) is -2.96. The maximum absolute atomic E-state index is 11.7. The molecule has 88 valence electrons. The predicted molar refractivity (Wildman–Crippen MR) is 57.5 cm³/mol. The van der Waals surface area contributed by atoms with Gasteiger partial charge in [-0.2, -0.15) is 0 Å². The summed E-state index contributed by atoms with van der Waals surface area (Å²) in [5.41, 5.74) is -0.655. The van der Waals surface area contributed by atoms with Gasteiger partial charge < -0.3 is 4.74 Å². The van der Waals surface area contributed by atoms with Gasteiger partial charge in [0.05, 0.1) is 5.75 Å². The Labute approximate surface area is 90.9 Å². The second kappa shape index (κ2) is 4.61. The van der Waals surface area contributed by atoms with Crippen LogP contribution in [0.15, 0.2) is 0 Å². The van der Waals surface area contributed by atoms with Crippen LogP contribution in [0.2, 0.25) is 0 Å². The van der Waals surface area contributed by atoms with Gasteiger partial charge in [-0.25, -0.2) is 8.42 Å². The summed E-state index contributed by atoms with van der Waals surface area (Å²) in [5, 5.41) is 0. The lowest BCUT2D eigenvalue weighted by molar-refractivity contribution is -0.137. The molecule has 15 heavy (non-hydrogen) atoms. The fraction of sp³-hybridized carbons (Fsp3) is 0.900. The van der Waals surface area contributed by atoms with Crippen LogP contribution in [0.1, 0.15) is 32.6 Å². The van der Waals surface area contributed by atoms with Crippen molar-refractivity contribution in [1.82, 2.24) is 0 Å². The Balaban J connectivity index is 2.36. The maximum Gasteiger partial charge on any atom is 0.164 e. The van der Waals surface area contributed by atoms with Gasteiger partial charge >= 0.3 is 0 Å². The molecule has 1 heterocycles. The standard InChI is InChI=1S/C10H18O4S/c1-10(6-4-7-14-10)9(11)5-3-8-15(2,12)13/h3-8H2,1-2H3. The van der Waals surface area contributed by atoms with Crippen molar-refractivity contribution in [2.75, 3.05) is 18.6 Å². The molecule has 0 aromatic carbocycles. The molecule has 0 bridgehead atoms. The van der Waals surface area contributed by atoms with E-state index in [9.17, 15) is 13.2 Å². The lowest BCUT2D eigenvalue weighted by Crippen LogP contribution is -2.34. The summed E-state index contributed by atoms with van der Waals surface area (Å²) in [6.07, 6.45) is 3.55. The Bertz CT molecular complexity index is 325. The predicted octanol–water partition coefficient (Wildman–Crippen LogP) is 0.949. The van der Waals surface area contributed by atoms with Crippen molar-refractivity contribution in [1.29, 1.82) is 0 Å². The molecule has 0 spiro atoms. The van der Waals surface area contributed by atoms with Crippen molar-refractivity contribution in [3.05, 3.63) is 0 Å². The van der Waals surface area contributed by atoms with Crippen LogP contribution in [0, 0.1) is 0 Å². The zero-order valence-corrected chi connectivity index (χ0v) is 10.1. The number of carbonyl (C=O) groups excluding carboxylic acids is 1. The zero-order valence-electron chi connectivity index (χ0n) is 9.28. The molecule has 1 aliphatic heterocycles. The molecule has 0 N–H and O–H groups in total. The molecule has 1 saturated heterocycles. The zero-order chi connectivity index (χ0) is 11.5. The molecular formula is C10H18O4S. The van der Waals surface area contributed by atoms with Crippen molar-refractivity contribution in [2.24, 2.45) is 0 Å². The number of hydrogen-bond donors (Lipinski definition) is 0. The highest BCUT2D eigenvalue weighted by Crippen LogP contribution is 2.27. The van der Waals surface area contributed by atoms with Gasteiger partial charge in [0.2, 0.25) is 0 Å². The molecule has 1 rings (SSSR count). The van der Waals surface area contributed by atoms with E-state index in [1.54, 1.807) is 6.92 Å². The third-order valence-electron chi connectivity index (χ3n) is 2.73. The van der Waals surface area contributed by atoms with Crippen LogP contribution in [0.3, 0.4) is 0 Å². The largest absolute Gasteiger partial charge is 0.368 e. The molecule has 1 atom stereocenters. The molecule has 1 unspecified atom stereocenters. The first-order valence-corrected chi connectivity index (χ1v) is 7.24. The molecule has 1 aliphatic rings. The van der Waals surface area contributed by atoms with Gasteiger partial charge in [-0.1, -0.05) is 0 Å². The van der Waals surface area contributed by atoms with E-state index >= 15 is 0 Å². The van der Waals surface area contributed by atoms with Crippen molar-refractivity contribution < 1.29 is 17.9 Å². The van der Waals surface area contributed by atoms with Gasteiger partial charge in [-0.05, 0) is 26.2 Å². The minimum Gasteiger partial charge on any atom is -0.368 e. The Morgan fingerprint density at radius 1 is 1.47 bits per heavy atom. The van der Waals surface area contributed by atoms with Gasteiger partial charge in [0.15, 0.2) is 5.78 Å².